The zero-order chi connectivity index (χ0) is 44.8. The third-order valence-corrected chi connectivity index (χ3v) is 10.8. The molecule has 5 atom stereocenters. The minimum atomic E-state index is -1.23. The minimum Gasteiger partial charge on any atom is -0.492 e. The molecule has 3 aromatic carbocycles. The highest BCUT2D eigenvalue weighted by atomic mass is 16.5. The highest BCUT2D eigenvalue weighted by molar-refractivity contribution is 6.01. The number of ketones is 3. The van der Waals surface area contributed by atoms with Gasteiger partial charge in [-0.15, -0.1) is 0 Å². The summed E-state index contributed by atoms with van der Waals surface area (Å²) in [4.78, 5) is 84.7. The summed E-state index contributed by atoms with van der Waals surface area (Å²) < 4.78 is 12.2. The number of nitrogens with one attached hydrogen (secondary N) is 2. The van der Waals surface area contributed by atoms with Gasteiger partial charge in [-0.1, -0.05) is 49.7 Å². The third kappa shape index (κ3) is 12.5. The SMILES string of the molecule is Cc1ccc(C(=O)C[C@@H](CCN)C(=O)N(C)[C@@H]2C(=O)C[C@@H](C)C(=O)N[C@H](C(=O)C[C@@H](C)C(=O)NCC#N)Cc3ccc(OCCN)c(c3)-c3cc2ccc3OCCN)c(C)c1. The van der Waals surface area contributed by atoms with Crippen molar-refractivity contribution >= 4 is 35.1 Å². The molecule has 0 fully saturated rings. The van der Waals surface area contributed by atoms with Crippen molar-refractivity contribution in [2.75, 3.05) is 46.4 Å². The number of nitrogens with two attached hydrogens (primary N) is 3. The van der Waals surface area contributed by atoms with Gasteiger partial charge in [-0.05, 0) is 74.2 Å². The Kier molecular flexibility index (Phi) is 17.7. The van der Waals surface area contributed by atoms with E-state index in [-0.39, 0.29) is 77.3 Å². The van der Waals surface area contributed by atoms with Crippen LogP contribution in [0.1, 0.15) is 78.2 Å². The molecule has 15 nitrogen and oxygen atoms in total. The van der Waals surface area contributed by atoms with Crippen molar-refractivity contribution in [1.29, 1.82) is 5.26 Å². The second kappa shape index (κ2) is 22.6. The van der Waals surface area contributed by atoms with Crippen LogP contribution in [-0.4, -0.2) is 92.5 Å². The summed E-state index contributed by atoms with van der Waals surface area (Å²) in [6.07, 6.45) is -0.473. The fraction of sp³-hybridized carbons (Fsp3) is 0.457. The molecule has 1 heterocycles. The molecule has 1 aliphatic rings. The Morgan fingerprint density at radius 3 is 2.18 bits per heavy atom. The largest absolute Gasteiger partial charge is 0.492 e. The molecule has 3 amide bonds. The molecule has 326 valence electrons. The van der Waals surface area contributed by atoms with E-state index in [1.165, 1.54) is 11.9 Å². The second-order valence-electron chi connectivity index (χ2n) is 15.7. The molecule has 0 radical (unpaired) electrons. The van der Waals surface area contributed by atoms with Gasteiger partial charge in [-0.3, -0.25) is 28.8 Å². The topological polar surface area (TPSA) is 250 Å². The van der Waals surface area contributed by atoms with E-state index in [0.717, 1.165) is 11.1 Å². The predicted octanol–water partition coefficient (Wildman–Crippen LogP) is 3.25. The molecule has 0 aliphatic carbocycles. The molecule has 0 saturated carbocycles. The molecule has 3 aromatic rings. The van der Waals surface area contributed by atoms with Crippen LogP contribution in [0.3, 0.4) is 0 Å². The average Bonchev–Trinajstić information content (AvgIpc) is 3.23. The molecule has 1 aliphatic heterocycles. The lowest BCUT2D eigenvalue weighted by molar-refractivity contribution is -0.142. The normalized spacial score (nSPS) is 17.5. The van der Waals surface area contributed by atoms with E-state index in [9.17, 15) is 28.8 Å². The number of hydrogen-bond acceptors (Lipinski definition) is 12. The van der Waals surface area contributed by atoms with Crippen molar-refractivity contribution in [3.8, 4) is 28.7 Å². The molecule has 61 heavy (non-hydrogen) atoms. The lowest BCUT2D eigenvalue weighted by Gasteiger charge is -2.32. The molecule has 8 N–H and O–H groups in total. The Hall–Kier alpha value is -5.95. The third-order valence-electron chi connectivity index (χ3n) is 10.8. The standard InChI is InChI=1S/C46H59N7O8/c1-27-6-9-34(28(2)20-27)38(54)26-33(12-13-47)46(59)53(5)43-32-8-11-42(61-19-16-50)36(25-32)35-23-31(7-10-41(35)60-18-15-49)24-37(52-45(58)30(4)22-40(43)56)39(55)21-29(3)44(57)51-17-14-48/h6-11,20,23,25,29-30,33,37,43H,12-13,15-19,21-22,24,26,47,49-50H2,1-5H3,(H,51,57)(H,52,58)/t29-,30-,33-,37+,43+/m1/s1. The van der Waals surface area contributed by atoms with E-state index >= 15 is 0 Å². The molecule has 15 heteroatoms. The fourth-order valence-corrected chi connectivity index (χ4v) is 7.59. The first kappa shape index (κ1) is 47.7. The van der Waals surface area contributed by atoms with Crippen molar-refractivity contribution in [1.82, 2.24) is 15.5 Å². The van der Waals surface area contributed by atoms with E-state index in [1.807, 2.05) is 32.0 Å². The number of amides is 3. The van der Waals surface area contributed by atoms with Gasteiger partial charge in [0.25, 0.3) is 0 Å². The molecule has 0 spiro atoms. The van der Waals surface area contributed by atoms with Gasteiger partial charge in [-0.25, -0.2) is 0 Å². The van der Waals surface area contributed by atoms with E-state index in [1.54, 1.807) is 56.3 Å². The number of carbonyl (C=O) groups excluding carboxylic acids is 6. The maximum Gasteiger partial charge on any atom is 0.226 e. The van der Waals surface area contributed by atoms with Gasteiger partial charge in [0, 0.05) is 73.8 Å². The van der Waals surface area contributed by atoms with Crippen LogP contribution in [0, 0.1) is 42.9 Å². The van der Waals surface area contributed by atoms with E-state index in [4.69, 9.17) is 31.9 Å². The summed E-state index contributed by atoms with van der Waals surface area (Å²) in [5.41, 5.74) is 22.0. The summed E-state index contributed by atoms with van der Waals surface area (Å²) in [5.74, 6) is -4.45. The summed E-state index contributed by atoms with van der Waals surface area (Å²) in [6.45, 7) is 7.51. The molecule has 0 saturated heterocycles. The molecule has 0 unspecified atom stereocenters. The number of aryl methyl sites for hydroxylation is 2. The van der Waals surface area contributed by atoms with E-state index < -0.39 is 59.1 Å². The zero-order valence-electron chi connectivity index (χ0n) is 35.8. The number of nitrogens with zero attached hydrogens (tertiary/aromatic N) is 2. The summed E-state index contributed by atoms with van der Waals surface area (Å²) >= 11 is 0. The number of ether oxygens (including phenoxy) is 2. The van der Waals surface area contributed by atoms with Crippen molar-refractivity contribution in [2.24, 2.45) is 35.0 Å². The highest BCUT2D eigenvalue weighted by Gasteiger charge is 2.36. The van der Waals surface area contributed by atoms with Crippen molar-refractivity contribution in [3.63, 3.8) is 0 Å². The van der Waals surface area contributed by atoms with Crippen LogP contribution in [-0.2, 0) is 30.4 Å². The number of fused-ring (bicyclic) bond motifs is 5. The van der Waals surface area contributed by atoms with E-state index in [2.05, 4.69) is 10.6 Å². The Labute approximate surface area is 357 Å². The van der Waals surface area contributed by atoms with Crippen molar-refractivity contribution in [2.45, 2.75) is 71.9 Å². The Morgan fingerprint density at radius 1 is 0.902 bits per heavy atom. The van der Waals surface area contributed by atoms with Gasteiger partial charge in [0.1, 0.15) is 37.3 Å². The minimum absolute atomic E-state index is 0.0316. The van der Waals surface area contributed by atoms with Gasteiger partial charge >= 0.3 is 0 Å². The number of nitriles is 1. The van der Waals surface area contributed by atoms with Gasteiger partial charge in [-0.2, -0.15) is 5.26 Å². The summed E-state index contributed by atoms with van der Waals surface area (Å²) in [7, 11) is 1.50. The Morgan fingerprint density at radius 2 is 1.56 bits per heavy atom. The van der Waals surface area contributed by atoms with Crippen LogP contribution < -0.4 is 37.3 Å². The number of rotatable bonds is 18. The number of Topliss-reactive ketones (excluding diaryl/α,β-unsaturated/α-hetero) is 3. The molecule has 4 rings (SSSR count). The maximum absolute atomic E-state index is 14.7. The monoisotopic (exact) mass is 837 g/mol. The number of benzene rings is 3. The van der Waals surface area contributed by atoms with Gasteiger partial charge < -0.3 is 42.2 Å². The molecule has 4 bridgehead atoms. The number of hydrogen-bond donors (Lipinski definition) is 5. The summed E-state index contributed by atoms with van der Waals surface area (Å²) in [5, 5.41) is 14.2. The van der Waals surface area contributed by atoms with E-state index in [0.29, 0.717) is 39.3 Å². The zero-order valence-corrected chi connectivity index (χ0v) is 35.8. The van der Waals surface area contributed by atoms with Crippen LogP contribution in [0.15, 0.2) is 54.6 Å². The Balaban J connectivity index is 1.86. The second-order valence-corrected chi connectivity index (χ2v) is 15.7. The maximum atomic E-state index is 14.7. The average molecular weight is 838 g/mol. The van der Waals surface area contributed by atoms with Gasteiger partial charge in [0.2, 0.25) is 17.7 Å². The van der Waals surface area contributed by atoms with Crippen molar-refractivity contribution in [3.05, 3.63) is 82.4 Å². The first-order valence-electron chi connectivity index (χ1n) is 20.6. The highest BCUT2D eigenvalue weighted by Crippen LogP contribution is 2.41. The van der Waals surface area contributed by atoms with Crippen LogP contribution in [0.5, 0.6) is 11.5 Å². The predicted molar refractivity (Wildman–Crippen MR) is 230 cm³/mol. The summed E-state index contributed by atoms with van der Waals surface area (Å²) in [6, 6.07) is 15.4. The number of likely N-dealkylation sites (N-methyl/N-ethyl adjacent to an activating group) is 1. The lowest BCUT2D eigenvalue weighted by atomic mass is 9.87. The van der Waals surface area contributed by atoms with Crippen molar-refractivity contribution < 1.29 is 38.2 Å². The van der Waals surface area contributed by atoms with Gasteiger partial charge in [0.15, 0.2) is 17.3 Å². The first-order chi connectivity index (χ1) is 29.1. The smallest absolute Gasteiger partial charge is 0.226 e. The lowest BCUT2D eigenvalue weighted by Crippen LogP contribution is -2.46. The van der Waals surface area contributed by atoms with Crippen LogP contribution >= 0.6 is 0 Å². The van der Waals surface area contributed by atoms with Crippen LogP contribution in [0.2, 0.25) is 0 Å². The van der Waals surface area contributed by atoms with Crippen LogP contribution in [0.4, 0.5) is 0 Å². The molecule has 0 aromatic heterocycles. The Bertz CT molecular complexity index is 2130. The fourth-order valence-electron chi connectivity index (χ4n) is 7.59. The molecular weight excluding hydrogens is 779 g/mol. The number of carbonyl (C=O) groups is 6. The first-order valence-corrected chi connectivity index (χ1v) is 20.6. The molecular formula is C46H59N7O8. The van der Waals surface area contributed by atoms with Crippen LogP contribution in [0.25, 0.3) is 11.1 Å². The van der Waals surface area contributed by atoms with Gasteiger partial charge in [0.05, 0.1) is 12.1 Å². The quantitative estimate of drug-likeness (QED) is 0.0915.